The molecule has 0 fully saturated rings. The summed E-state index contributed by atoms with van der Waals surface area (Å²) in [5, 5.41) is 0.471. The number of fused-ring (bicyclic) bond motifs is 1. The lowest BCUT2D eigenvalue weighted by molar-refractivity contribution is 0.601. The maximum atomic E-state index is 13.3. The smallest absolute Gasteiger partial charge is 0.201 e. The minimum Gasteiger partial charge on any atom is -0.455 e. The molecule has 4 rings (SSSR count). The fourth-order valence-corrected chi connectivity index (χ4v) is 3.89. The van der Waals surface area contributed by atoms with Gasteiger partial charge in [-0.2, -0.15) is 0 Å². The first-order valence-electron chi connectivity index (χ1n) is 8.98. The molecule has 0 atom stereocenters. The van der Waals surface area contributed by atoms with E-state index < -0.39 is 9.84 Å². The largest absolute Gasteiger partial charge is 0.455 e. The zero-order valence-corrected chi connectivity index (χ0v) is 16.8. The molecule has 0 unspecified atom stereocenters. The molecule has 0 aliphatic rings. The molecule has 146 valence electrons. The molecule has 29 heavy (non-hydrogen) atoms. The third-order valence-electron chi connectivity index (χ3n) is 4.91. The highest BCUT2D eigenvalue weighted by atomic mass is 32.2. The summed E-state index contributed by atoms with van der Waals surface area (Å²) >= 11 is 0. The van der Waals surface area contributed by atoms with Gasteiger partial charge in [-0.25, -0.2) is 8.42 Å². The first-order valence-corrected chi connectivity index (χ1v) is 10.9. The van der Waals surface area contributed by atoms with E-state index in [0.717, 1.165) is 11.8 Å². The van der Waals surface area contributed by atoms with Crippen molar-refractivity contribution < 1.29 is 12.8 Å². The lowest BCUT2D eigenvalue weighted by atomic mass is 9.97. The summed E-state index contributed by atoms with van der Waals surface area (Å²) < 4.78 is 29.7. The van der Waals surface area contributed by atoms with Gasteiger partial charge >= 0.3 is 0 Å². The number of aryl methyl sites for hydroxylation is 1. The van der Waals surface area contributed by atoms with Crippen LogP contribution in [-0.4, -0.2) is 14.7 Å². The van der Waals surface area contributed by atoms with Gasteiger partial charge in [-0.1, -0.05) is 24.3 Å². The van der Waals surface area contributed by atoms with E-state index in [2.05, 4.69) is 0 Å². The summed E-state index contributed by atoms with van der Waals surface area (Å²) in [6, 6.07) is 18.8. The molecule has 0 bridgehead atoms. The fraction of sp³-hybridized carbons (Fsp3) is 0.0870. The summed E-state index contributed by atoms with van der Waals surface area (Å²) in [4.78, 5) is 13.5. The van der Waals surface area contributed by atoms with Crippen LogP contribution in [0.2, 0.25) is 0 Å². The molecule has 0 radical (unpaired) electrons. The molecule has 2 N–H and O–H groups in total. The van der Waals surface area contributed by atoms with Crippen molar-refractivity contribution in [3.8, 4) is 22.5 Å². The van der Waals surface area contributed by atoms with Crippen molar-refractivity contribution in [3.05, 3.63) is 82.5 Å². The number of anilines is 1. The quantitative estimate of drug-likeness (QED) is 0.510. The highest BCUT2D eigenvalue weighted by Gasteiger charge is 2.19. The van der Waals surface area contributed by atoms with Crippen molar-refractivity contribution in [1.29, 1.82) is 0 Å². The average Bonchev–Trinajstić information content (AvgIpc) is 2.70. The van der Waals surface area contributed by atoms with E-state index in [1.165, 1.54) is 12.1 Å². The van der Waals surface area contributed by atoms with Gasteiger partial charge in [0.05, 0.1) is 15.8 Å². The fourth-order valence-electron chi connectivity index (χ4n) is 3.26. The van der Waals surface area contributed by atoms with Crippen LogP contribution in [0, 0.1) is 6.92 Å². The predicted octanol–water partition coefficient (Wildman–Crippen LogP) is 4.42. The molecule has 0 aliphatic heterocycles. The van der Waals surface area contributed by atoms with Gasteiger partial charge in [0.1, 0.15) is 11.3 Å². The van der Waals surface area contributed by atoms with Crippen molar-refractivity contribution in [2.24, 2.45) is 0 Å². The number of hydrogen-bond donors (Lipinski definition) is 1. The third-order valence-corrected chi connectivity index (χ3v) is 6.04. The number of sulfone groups is 1. The Labute approximate surface area is 168 Å². The second-order valence-corrected chi connectivity index (χ2v) is 9.02. The van der Waals surface area contributed by atoms with Crippen LogP contribution in [0.4, 0.5) is 5.69 Å². The van der Waals surface area contributed by atoms with Crippen LogP contribution in [0.5, 0.6) is 0 Å². The van der Waals surface area contributed by atoms with Gasteiger partial charge < -0.3 is 10.2 Å². The first kappa shape index (κ1) is 19.0. The monoisotopic (exact) mass is 405 g/mol. The predicted molar refractivity (Wildman–Crippen MR) is 116 cm³/mol. The molecule has 0 amide bonds. The number of hydrogen-bond acceptors (Lipinski definition) is 5. The highest BCUT2D eigenvalue weighted by molar-refractivity contribution is 7.90. The van der Waals surface area contributed by atoms with Crippen molar-refractivity contribution in [3.63, 3.8) is 0 Å². The number of rotatable bonds is 3. The molecule has 0 saturated heterocycles. The van der Waals surface area contributed by atoms with Gasteiger partial charge in [0.15, 0.2) is 9.84 Å². The average molecular weight is 405 g/mol. The van der Waals surface area contributed by atoms with Crippen molar-refractivity contribution in [2.75, 3.05) is 12.0 Å². The molecule has 1 aromatic heterocycles. The number of para-hydroxylation sites is 1. The van der Waals surface area contributed by atoms with Crippen LogP contribution in [0.1, 0.15) is 5.56 Å². The van der Waals surface area contributed by atoms with E-state index in [4.69, 9.17) is 10.2 Å². The number of nitrogens with two attached hydrogens (primary N) is 1. The Hall–Kier alpha value is -3.38. The molecule has 6 heteroatoms. The molecule has 1 heterocycles. The third kappa shape index (κ3) is 3.43. The molecule has 4 aromatic rings. The van der Waals surface area contributed by atoms with Gasteiger partial charge in [-0.3, -0.25) is 4.79 Å². The highest BCUT2D eigenvalue weighted by Crippen LogP contribution is 2.34. The van der Waals surface area contributed by atoms with Crippen molar-refractivity contribution >= 4 is 26.5 Å². The standard InChI is InChI=1S/C23H19NO4S/c1-14-7-8-16(13-19(14)24)21-22(25)18-5-3-4-6-20(18)28-23(21)15-9-11-17(12-10-15)29(2,26)27/h3-13H,24H2,1-2H3. The van der Waals surface area contributed by atoms with Gasteiger partial charge in [-0.05, 0) is 60.5 Å². The van der Waals surface area contributed by atoms with Gasteiger partial charge in [0.2, 0.25) is 5.43 Å². The lowest BCUT2D eigenvalue weighted by Crippen LogP contribution is -2.08. The van der Waals surface area contributed by atoms with Crippen molar-refractivity contribution in [1.82, 2.24) is 0 Å². The van der Waals surface area contributed by atoms with Crippen LogP contribution < -0.4 is 11.2 Å². The van der Waals surface area contributed by atoms with Crippen LogP contribution >= 0.6 is 0 Å². The molecular formula is C23H19NO4S. The summed E-state index contributed by atoms with van der Waals surface area (Å²) in [5.74, 6) is 0.372. The maximum absolute atomic E-state index is 13.3. The van der Waals surface area contributed by atoms with E-state index >= 15 is 0 Å². The van der Waals surface area contributed by atoms with Gasteiger partial charge in [0, 0.05) is 17.5 Å². The van der Waals surface area contributed by atoms with Crippen LogP contribution in [-0.2, 0) is 9.84 Å². The van der Waals surface area contributed by atoms with Gasteiger partial charge in [-0.15, -0.1) is 0 Å². The summed E-state index contributed by atoms with van der Waals surface area (Å²) in [5.41, 5.74) is 9.51. The molecule has 0 saturated carbocycles. The van der Waals surface area contributed by atoms with E-state index in [1.54, 1.807) is 42.5 Å². The zero-order chi connectivity index (χ0) is 20.8. The topological polar surface area (TPSA) is 90.4 Å². The minimum absolute atomic E-state index is 0.169. The Morgan fingerprint density at radius 3 is 2.21 bits per heavy atom. The molecule has 0 aliphatic carbocycles. The first-order chi connectivity index (χ1) is 13.8. The van der Waals surface area contributed by atoms with Crippen LogP contribution in [0.3, 0.4) is 0 Å². The number of benzene rings is 3. The summed E-state index contributed by atoms with van der Waals surface area (Å²) in [7, 11) is -3.33. The van der Waals surface area contributed by atoms with Crippen molar-refractivity contribution in [2.45, 2.75) is 11.8 Å². The van der Waals surface area contributed by atoms with Crippen LogP contribution in [0.25, 0.3) is 33.4 Å². The Kier molecular flexibility index (Phi) is 4.51. The Morgan fingerprint density at radius 1 is 0.897 bits per heavy atom. The summed E-state index contributed by atoms with van der Waals surface area (Å²) in [6.07, 6.45) is 1.15. The Morgan fingerprint density at radius 2 is 1.55 bits per heavy atom. The van der Waals surface area contributed by atoms with Crippen LogP contribution in [0.15, 0.2) is 80.8 Å². The van der Waals surface area contributed by atoms with E-state index in [9.17, 15) is 13.2 Å². The van der Waals surface area contributed by atoms with E-state index in [1.807, 2.05) is 19.1 Å². The normalized spacial score (nSPS) is 11.7. The SMILES string of the molecule is Cc1ccc(-c2c(-c3ccc(S(C)(=O)=O)cc3)oc3ccccc3c2=O)cc1N. The summed E-state index contributed by atoms with van der Waals surface area (Å²) in [6.45, 7) is 1.90. The lowest BCUT2D eigenvalue weighted by Gasteiger charge is -2.12. The second-order valence-electron chi connectivity index (χ2n) is 7.00. The van der Waals surface area contributed by atoms with Gasteiger partial charge in [0.25, 0.3) is 0 Å². The van der Waals surface area contributed by atoms with E-state index in [0.29, 0.717) is 39.1 Å². The second kappa shape index (κ2) is 6.90. The molecule has 0 spiro atoms. The maximum Gasteiger partial charge on any atom is 0.201 e. The minimum atomic E-state index is -3.33. The molecule has 5 nitrogen and oxygen atoms in total. The number of nitrogen functional groups attached to an aromatic ring is 1. The molecular weight excluding hydrogens is 386 g/mol. The molecule has 3 aromatic carbocycles. The Bertz CT molecular complexity index is 1400. The Balaban J connectivity index is 2.04. The van der Waals surface area contributed by atoms with E-state index in [-0.39, 0.29) is 10.3 Å². The zero-order valence-electron chi connectivity index (χ0n) is 16.0.